The van der Waals surface area contributed by atoms with Gasteiger partial charge in [0.1, 0.15) is 5.01 Å². The summed E-state index contributed by atoms with van der Waals surface area (Å²) in [6, 6.07) is 2.58. The van der Waals surface area contributed by atoms with Crippen LogP contribution < -0.4 is 5.32 Å². The van der Waals surface area contributed by atoms with Crippen molar-refractivity contribution in [2.75, 3.05) is 0 Å². The summed E-state index contributed by atoms with van der Waals surface area (Å²) in [6.45, 7) is 5.06. The highest BCUT2D eigenvalue weighted by Crippen LogP contribution is 2.12. The van der Waals surface area contributed by atoms with Crippen LogP contribution in [0.25, 0.3) is 0 Å². The van der Waals surface area contributed by atoms with Gasteiger partial charge in [-0.15, -0.1) is 11.3 Å². The van der Waals surface area contributed by atoms with Crippen molar-refractivity contribution in [3.05, 3.63) is 16.1 Å². The van der Waals surface area contributed by atoms with Crippen LogP contribution in [-0.2, 0) is 13.0 Å². The van der Waals surface area contributed by atoms with Gasteiger partial charge in [-0.05, 0) is 0 Å². The van der Waals surface area contributed by atoms with E-state index in [1.54, 1.807) is 11.3 Å². The van der Waals surface area contributed by atoms with Crippen molar-refractivity contribution < 1.29 is 0 Å². The molecular weight excluding hydrogens is 182 g/mol. The van der Waals surface area contributed by atoms with Crippen LogP contribution in [0.4, 0.5) is 0 Å². The number of hydrogen-bond acceptors (Lipinski definition) is 4. The SMILES string of the molecule is CC(C)NCc1cnc(CC#N)s1. The largest absolute Gasteiger partial charge is 0.310 e. The Morgan fingerprint density at radius 2 is 2.46 bits per heavy atom. The molecule has 0 amide bonds. The average Bonchev–Trinajstić information content (AvgIpc) is 2.50. The number of nitrogens with one attached hydrogen (secondary N) is 1. The van der Waals surface area contributed by atoms with Crippen molar-refractivity contribution in [1.82, 2.24) is 10.3 Å². The van der Waals surface area contributed by atoms with Crippen LogP contribution in [0.3, 0.4) is 0 Å². The molecular formula is C9H13N3S. The smallest absolute Gasteiger partial charge is 0.107 e. The van der Waals surface area contributed by atoms with E-state index in [2.05, 4.69) is 30.2 Å². The van der Waals surface area contributed by atoms with Crippen molar-refractivity contribution in [2.45, 2.75) is 32.9 Å². The molecule has 0 saturated heterocycles. The van der Waals surface area contributed by atoms with Crippen molar-refractivity contribution in [3.8, 4) is 6.07 Å². The summed E-state index contributed by atoms with van der Waals surface area (Å²) in [7, 11) is 0. The number of aromatic nitrogens is 1. The van der Waals surface area contributed by atoms with Gasteiger partial charge < -0.3 is 5.32 Å². The summed E-state index contributed by atoms with van der Waals surface area (Å²) in [5, 5.41) is 12.7. The minimum absolute atomic E-state index is 0.423. The van der Waals surface area contributed by atoms with Gasteiger partial charge in [0.2, 0.25) is 0 Å². The second-order valence-electron chi connectivity index (χ2n) is 3.09. The summed E-state index contributed by atoms with van der Waals surface area (Å²) in [5.74, 6) is 0. The molecule has 0 bridgehead atoms. The summed E-state index contributed by atoms with van der Waals surface area (Å²) >= 11 is 1.60. The molecule has 1 N–H and O–H groups in total. The van der Waals surface area contributed by atoms with Gasteiger partial charge in [-0.25, -0.2) is 4.98 Å². The summed E-state index contributed by atoms with van der Waals surface area (Å²) in [6.07, 6.45) is 2.26. The lowest BCUT2D eigenvalue weighted by Gasteiger charge is -2.04. The number of rotatable bonds is 4. The van der Waals surface area contributed by atoms with Crippen molar-refractivity contribution >= 4 is 11.3 Å². The molecule has 0 aliphatic heterocycles. The fourth-order valence-corrected chi connectivity index (χ4v) is 1.69. The van der Waals surface area contributed by atoms with Crippen LogP contribution in [0.1, 0.15) is 23.7 Å². The molecule has 0 unspecified atom stereocenters. The standard InChI is InChI=1S/C9H13N3S/c1-7(2)11-5-8-6-12-9(13-8)3-4-10/h6-7,11H,3,5H2,1-2H3. The number of thiazole rings is 1. The van der Waals surface area contributed by atoms with Gasteiger partial charge >= 0.3 is 0 Å². The maximum Gasteiger partial charge on any atom is 0.107 e. The normalized spacial score (nSPS) is 10.3. The molecule has 1 rings (SSSR count). The first-order chi connectivity index (χ1) is 6.22. The van der Waals surface area contributed by atoms with Crippen LogP contribution in [0.5, 0.6) is 0 Å². The van der Waals surface area contributed by atoms with Gasteiger partial charge in [-0.2, -0.15) is 5.26 Å². The molecule has 0 aromatic carbocycles. The Morgan fingerprint density at radius 1 is 1.69 bits per heavy atom. The molecule has 3 nitrogen and oxygen atoms in total. The van der Waals surface area contributed by atoms with E-state index in [-0.39, 0.29) is 0 Å². The van der Waals surface area contributed by atoms with E-state index in [0.717, 1.165) is 11.6 Å². The number of nitriles is 1. The summed E-state index contributed by atoms with van der Waals surface area (Å²) < 4.78 is 0. The monoisotopic (exact) mass is 195 g/mol. The topological polar surface area (TPSA) is 48.7 Å². The first kappa shape index (κ1) is 10.2. The van der Waals surface area contributed by atoms with Gasteiger partial charge in [0.15, 0.2) is 0 Å². The lowest BCUT2D eigenvalue weighted by Crippen LogP contribution is -2.21. The Kier molecular flexibility index (Phi) is 3.87. The fraction of sp³-hybridized carbons (Fsp3) is 0.556. The zero-order valence-electron chi connectivity index (χ0n) is 7.87. The average molecular weight is 195 g/mol. The van der Waals surface area contributed by atoms with E-state index < -0.39 is 0 Å². The van der Waals surface area contributed by atoms with E-state index in [1.807, 2.05) is 6.20 Å². The Hall–Kier alpha value is -0.920. The van der Waals surface area contributed by atoms with E-state index >= 15 is 0 Å². The summed E-state index contributed by atoms with van der Waals surface area (Å²) in [4.78, 5) is 5.33. The van der Waals surface area contributed by atoms with Crippen LogP contribution in [0.2, 0.25) is 0 Å². The van der Waals surface area contributed by atoms with Crippen molar-refractivity contribution in [3.63, 3.8) is 0 Å². The molecule has 70 valence electrons. The molecule has 1 aromatic rings. The molecule has 0 fully saturated rings. The highest BCUT2D eigenvalue weighted by molar-refractivity contribution is 7.11. The van der Waals surface area contributed by atoms with Crippen LogP contribution in [0, 0.1) is 11.3 Å². The van der Waals surface area contributed by atoms with Gasteiger partial charge in [0.05, 0.1) is 12.5 Å². The van der Waals surface area contributed by atoms with Gasteiger partial charge in [-0.1, -0.05) is 13.8 Å². The fourth-order valence-electron chi connectivity index (χ4n) is 0.884. The van der Waals surface area contributed by atoms with Crippen molar-refractivity contribution in [1.29, 1.82) is 5.26 Å². The minimum atomic E-state index is 0.423. The van der Waals surface area contributed by atoms with Gasteiger partial charge in [-0.3, -0.25) is 0 Å². The minimum Gasteiger partial charge on any atom is -0.310 e. The van der Waals surface area contributed by atoms with Crippen LogP contribution in [-0.4, -0.2) is 11.0 Å². The maximum absolute atomic E-state index is 8.45. The Morgan fingerprint density at radius 3 is 3.08 bits per heavy atom. The Bertz CT molecular complexity index is 298. The lowest BCUT2D eigenvalue weighted by molar-refractivity contribution is 0.593. The van der Waals surface area contributed by atoms with E-state index in [1.165, 1.54) is 4.88 Å². The van der Waals surface area contributed by atoms with E-state index in [9.17, 15) is 0 Å². The second kappa shape index (κ2) is 4.95. The second-order valence-corrected chi connectivity index (χ2v) is 4.29. The highest BCUT2D eigenvalue weighted by Gasteiger charge is 2.01. The van der Waals surface area contributed by atoms with Crippen LogP contribution >= 0.6 is 11.3 Å². The molecule has 13 heavy (non-hydrogen) atoms. The van der Waals surface area contributed by atoms with E-state index in [0.29, 0.717) is 12.5 Å². The first-order valence-electron chi connectivity index (χ1n) is 4.26. The van der Waals surface area contributed by atoms with Gasteiger partial charge in [0, 0.05) is 23.7 Å². The molecule has 0 aliphatic carbocycles. The van der Waals surface area contributed by atoms with E-state index in [4.69, 9.17) is 5.26 Å². The predicted molar refractivity (Wildman–Crippen MR) is 53.4 cm³/mol. The molecule has 0 radical (unpaired) electrons. The molecule has 1 heterocycles. The first-order valence-corrected chi connectivity index (χ1v) is 5.08. The Labute approximate surface area is 82.4 Å². The Balaban J connectivity index is 2.45. The lowest BCUT2D eigenvalue weighted by atomic mass is 10.4. The number of hydrogen-bond donors (Lipinski definition) is 1. The third-order valence-corrected chi connectivity index (χ3v) is 2.51. The van der Waals surface area contributed by atoms with Crippen molar-refractivity contribution in [2.24, 2.45) is 0 Å². The summed E-state index contributed by atoms with van der Waals surface area (Å²) in [5.41, 5.74) is 0. The quantitative estimate of drug-likeness (QED) is 0.795. The molecule has 1 aromatic heterocycles. The highest BCUT2D eigenvalue weighted by atomic mass is 32.1. The third kappa shape index (κ3) is 3.53. The predicted octanol–water partition coefficient (Wildman–Crippen LogP) is 1.71. The molecule has 4 heteroatoms. The van der Waals surface area contributed by atoms with Crippen LogP contribution in [0.15, 0.2) is 6.20 Å². The van der Waals surface area contributed by atoms with Gasteiger partial charge in [0.25, 0.3) is 0 Å². The molecule has 0 saturated carbocycles. The maximum atomic E-state index is 8.45. The molecule has 0 aliphatic rings. The third-order valence-electron chi connectivity index (χ3n) is 1.52. The zero-order chi connectivity index (χ0) is 9.68. The molecule has 0 atom stereocenters. The number of nitrogens with zero attached hydrogens (tertiary/aromatic N) is 2. The zero-order valence-corrected chi connectivity index (χ0v) is 8.69. The molecule has 0 spiro atoms.